The number of hydrogen-bond acceptors (Lipinski definition) is 4. The molecule has 0 bridgehead atoms. The van der Waals surface area contributed by atoms with Crippen molar-refractivity contribution in [3.8, 4) is 0 Å². The lowest BCUT2D eigenvalue weighted by Gasteiger charge is -2.36. The van der Waals surface area contributed by atoms with Crippen molar-refractivity contribution in [1.82, 2.24) is 9.21 Å². The van der Waals surface area contributed by atoms with Crippen LogP contribution in [0.5, 0.6) is 0 Å². The summed E-state index contributed by atoms with van der Waals surface area (Å²) in [5.74, 6) is 0.135. The van der Waals surface area contributed by atoms with E-state index in [2.05, 4.69) is 0 Å². The maximum Gasteiger partial charge on any atom is 0.243 e. The maximum absolute atomic E-state index is 12.6. The van der Waals surface area contributed by atoms with Crippen LogP contribution in [0.25, 0.3) is 0 Å². The molecule has 1 aromatic rings. The molecule has 2 aliphatic rings. The van der Waals surface area contributed by atoms with Crippen molar-refractivity contribution < 1.29 is 13.2 Å². The van der Waals surface area contributed by atoms with Crippen LogP contribution >= 0.6 is 0 Å². The molecule has 2 saturated heterocycles. The van der Waals surface area contributed by atoms with Gasteiger partial charge in [0.25, 0.3) is 0 Å². The fraction of sp³-hybridized carbons (Fsp3) is 0.462. The van der Waals surface area contributed by atoms with Crippen LogP contribution in [-0.2, 0) is 14.8 Å². The highest BCUT2D eigenvalue weighted by Gasteiger charge is 2.39. The summed E-state index contributed by atoms with van der Waals surface area (Å²) in [7, 11) is -3.53. The van der Waals surface area contributed by atoms with Crippen LogP contribution in [-0.4, -0.2) is 49.2 Å². The monoisotopic (exact) mass is 295 g/mol. The van der Waals surface area contributed by atoms with Gasteiger partial charge in [-0.1, -0.05) is 6.07 Å². The highest BCUT2D eigenvalue weighted by Crippen LogP contribution is 2.27. The molecule has 0 radical (unpaired) electrons. The Kier molecular flexibility index (Phi) is 3.18. The van der Waals surface area contributed by atoms with Gasteiger partial charge in [0.2, 0.25) is 15.9 Å². The van der Waals surface area contributed by atoms with Crippen LogP contribution in [0.4, 0.5) is 5.69 Å². The molecule has 0 aromatic heterocycles. The van der Waals surface area contributed by atoms with Crippen molar-refractivity contribution in [1.29, 1.82) is 0 Å². The van der Waals surface area contributed by atoms with Gasteiger partial charge in [-0.3, -0.25) is 4.79 Å². The Morgan fingerprint density at radius 1 is 1.25 bits per heavy atom. The first kappa shape index (κ1) is 13.4. The number of piperazine rings is 1. The Morgan fingerprint density at radius 2 is 2.05 bits per heavy atom. The number of hydrogen-bond donors (Lipinski definition) is 1. The van der Waals surface area contributed by atoms with Crippen LogP contribution in [0, 0.1) is 0 Å². The first-order chi connectivity index (χ1) is 9.48. The van der Waals surface area contributed by atoms with Gasteiger partial charge in [0.05, 0.1) is 4.90 Å². The van der Waals surface area contributed by atoms with Crippen molar-refractivity contribution in [3.05, 3.63) is 24.3 Å². The predicted octanol–water partition coefficient (Wildman–Crippen LogP) is 0.264. The highest BCUT2D eigenvalue weighted by molar-refractivity contribution is 7.89. The van der Waals surface area contributed by atoms with Gasteiger partial charge in [0, 0.05) is 37.8 Å². The number of sulfonamides is 1. The van der Waals surface area contributed by atoms with Gasteiger partial charge in [-0.15, -0.1) is 0 Å². The largest absolute Gasteiger partial charge is 0.399 e. The van der Waals surface area contributed by atoms with Gasteiger partial charge in [0.15, 0.2) is 0 Å². The minimum absolute atomic E-state index is 0.0204. The molecular formula is C13H17N3O3S. The molecule has 0 spiro atoms. The third-order valence-electron chi connectivity index (χ3n) is 3.95. The molecule has 20 heavy (non-hydrogen) atoms. The molecular weight excluding hydrogens is 278 g/mol. The van der Waals surface area contributed by atoms with Crippen LogP contribution in [0.1, 0.15) is 12.8 Å². The zero-order chi connectivity index (χ0) is 14.3. The van der Waals surface area contributed by atoms with E-state index in [1.807, 2.05) is 0 Å². The van der Waals surface area contributed by atoms with E-state index in [9.17, 15) is 13.2 Å². The summed E-state index contributed by atoms with van der Waals surface area (Å²) in [6.07, 6.45) is 1.26. The Hall–Kier alpha value is -1.60. The smallest absolute Gasteiger partial charge is 0.243 e. The summed E-state index contributed by atoms with van der Waals surface area (Å²) in [5.41, 5.74) is 6.08. The quantitative estimate of drug-likeness (QED) is 0.794. The summed E-state index contributed by atoms with van der Waals surface area (Å²) >= 11 is 0. The van der Waals surface area contributed by atoms with Crippen LogP contribution in [0.2, 0.25) is 0 Å². The van der Waals surface area contributed by atoms with Gasteiger partial charge < -0.3 is 10.6 Å². The molecule has 7 heteroatoms. The molecule has 1 amide bonds. The number of carbonyl (C=O) groups is 1. The van der Waals surface area contributed by atoms with E-state index < -0.39 is 10.0 Å². The van der Waals surface area contributed by atoms with E-state index in [1.54, 1.807) is 23.1 Å². The number of nitrogen functional groups attached to an aromatic ring is 1. The topological polar surface area (TPSA) is 83.7 Å². The normalized spacial score (nSPS) is 23.9. The van der Waals surface area contributed by atoms with E-state index in [1.165, 1.54) is 10.4 Å². The molecule has 0 aliphatic carbocycles. The summed E-state index contributed by atoms with van der Waals surface area (Å²) in [4.78, 5) is 13.6. The second-order valence-corrected chi connectivity index (χ2v) is 7.15. The molecule has 3 rings (SSSR count). The minimum Gasteiger partial charge on any atom is -0.399 e. The molecule has 1 atom stereocenters. The molecule has 2 N–H and O–H groups in total. The zero-order valence-corrected chi connectivity index (χ0v) is 11.8. The van der Waals surface area contributed by atoms with Crippen molar-refractivity contribution >= 4 is 21.6 Å². The molecule has 1 aromatic carbocycles. The number of nitrogens with zero attached hydrogens (tertiary/aromatic N) is 2. The van der Waals surface area contributed by atoms with Gasteiger partial charge in [-0.2, -0.15) is 4.31 Å². The first-order valence-corrected chi connectivity index (χ1v) is 8.07. The number of nitrogens with two attached hydrogens (primary N) is 1. The van der Waals surface area contributed by atoms with E-state index in [0.717, 1.165) is 6.42 Å². The van der Waals surface area contributed by atoms with Crippen LogP contribution in [0.15, 0.2) is 29.2 Å². The lowest BCUT2D eigenvalue weighted by Crippen LogP contribution is -2.53. The molecule has 108 valence electrons. The lowest BCUT2D eigenvalue weighted by atomic mass is 10.2. The fourth-order valence-electron chi connectivity index (χ4n) is 2.88. The summed E-state index contributed by atoms with van der Waals surface area (Å²) in [6.45, 7) is 1.20. The van der Waals surface area contributed by atoms with Crippen molar-refractivity contribution in [3.63, 3.8) is 0 Å². The number of anilines is 1. The number of benzene rings is 1. The molecule has 2 fully saturated rings. The van der Waals surface area contributed by atoms with Crippen molar-refractivity contribution in [2.45, 2.75) is 23.8 Å². The van der Waals surface area contributed by atoms with Gasteiger partial charge in [0.1, 0.15) is 0 Å². The van der Waals surface area contributed by atoms with Gasteiger partial charge in [-0.25, -0.2) is 8.42 Å². The molecule has 2 aliphatic heterocycles. The standard InChI is InChI=1S/C13H17N3O3S/c14-10-2-1-3-12(8-10)20(18,19)15-6-7-16-11(9-15)4-5-13(16)17/h1-3,8,11H,4-7,9,14H2. The summed E-state index contributed by atoms with van der Waals surface area (Å²) < 4.78 is 26.6. The average molecular weight is 295 g/mol. The second-order valence-electron chi connectivity index (χ2n) is 5.22. The summed E-state index contributed by atoms with van der Waals surface area (Å²) in [5, 5.41) is 0. The van der Waals surface area contributed by atoms with E-state index in [0.29, 0.717) is 31.7 Å². The number of amides is 1. The fourth-order valence-corrected chi connectivity index (χ4v) is 4.40. The third-order valence-corrected chi connectivity index (χ3v) is 5.81. The molecule has 0 saturated carbocycles. The molecule has 1 unspecified atom stereocenters. The van der Waals surface area contributed by atoms with Crippen molar-refractivity contribution in [2.24, 2.45) is 0 Å². The number of carbonyl (C=O) groups excluding carboxylic acids is 1. The van der Waals surface area contributed by atoms with Gasteiger partial charge >= 0.3 is 0 Å². The molecule has 6 nitrogen and oxygen atoms in total. The van der Waals surface area contributed by atoms with Crippen LogP contribution < -0.4 is 5.73 Å². The Balaban J connectivity index is 1.84. The maximum atomic E-state index is 12.6. The van der Waals surface area contributed by atoms with E-state index in [-0.39, 0.29) is 16.8 Å². The van der Waals surface area contributed by atoms with E-state index >= 15 is 0 Å². The number of fused-ring (bicyclic) bond motifs is 1. The van der Waals surface area contributed by atoms with Crippen LogP contribution in [0.3, 0.4) is 0 Å². The Labute approximate surface area is 118 Å². The zero-order valence-electron chi connectivity index (χ0n) is 11.0. The molecule has 2 heterocycles. The lowest BCUT2D eigenvalue weighted by molar-refractivity contribution is -0.130. The first-order valence-electron chi connectivity index (χ1n) is 6.63. The Bertz CT molecular complexity index is 644. The second kappa shape index (κ2) is 4.75. The number of rotatable bonds is 2. The third kappa shape index (κ3) is 2.16. The average Bonchev–Trinajstić information content (AvgIpc) is 2.80. The SMILES string of the molecule is Nc1cccc(S(=O)(=O)N2CCN3C(=O)CCC3C2)c1. The van der Waals surface area contributed by atoms with Crippen molar-refractivity contribution in [2.75, 3.05) is 25.4 Å². The minimum atomic E-state index is -3.53. The van der Waals surface area contributed by atoms with E-state index in [4.69, 9.17) is 5.73 Å². The summed E-state index contributed by atoms with van der Waals surface area (Å²) in [6, 6.07) is 6.34. The predicted molar refractivity (Wildman–Crippen MR) is 74.3 cm³/mol. The van der Waals surface area contributed by atoms with Gasteiger partial charge in [-0.05, 0) is 24.6 Å². The highest BCUT2D eigenvalue weighted by atomic mass is 32.2. The Morgan fingerprint density at radius 3 is 2.80 bits per heavy atom.